The van der Waals surface area contributed by atoms with E-state index in [0.717, 1.165) is 22.1 Å². The lowest BCUT2D eigenvalue weighted by Crippen LogP contribution is -2.13. The molecule has 0 spiro atoms. The molecule has 0 aliphatic heterocycles. The molecule has 0 amide bonds. The Bertz CT molecular complexity index is 1180. The standard InChI is InChI=1S/C22H20ClN3O/c23-16-7-9-17(10-8-16)26-22(27)19-13-24-20-11-6-15(12-18(20)21(19)25-26)14-4-2-1-3-5-14/h6-14,25H,1-5H2. The number of nitrogens with zero attached hydrogens (tertiary/aromatic N) is 2. The zero-order chi connectivity index (χ0) is 18.4. The van der Waals surface area contributed by atoms with Crippen LogP contribution in [0, 0.1) is 0 Å². The maximum absolute atomic E-state index is 12.9. The first kappa shape index (κ1) is 16.6. The molecule has 1 saturated carbocycles. The van der Waals surface area contributed by atoms with Crippen LogP contribution in [0.15, 0.2) is 53.5 Å². The Balaban J connectivity index is 1.70. The Morgan fingerprint density at radius 1 is 1.00 bits per heavy atom. The molecule has 2 heterocycles. The summed E-state index contributed by atoms with van der Waals surface area (Å²) in [6.07, 6.45) is 8.11. The third kappa shape index (κ3) is 2.85. The normalized spacial score (nSPS) is 15.6. The molecule has 0 radical (unpaired) electrons. The molecule has 4 aromatic rings. The molecule has 2 aromatic carbocycles. The van der Waals surface area contributed by atoms with E-state index in [1.807, 2.05) is 12.1 Å². The Kier molecular flexibility index (Phi) is 4.01. The van der Waals surface area contributed by atoms with E-state index in [9.17, 15) is 4.79 Å². The Labute approximate surface area is 161 Å². The Hall–Kier alpha value is -2.59. The summed E-state index contributed by atoms with van der Waals surface area (Å²) in [6, 6.07) is 13.7. The number of halogens is 1. The summed E-state index contributed by atoms with van der Waals surface area (Å²) < 4.78 is 1.56. The second-order valence-corrected chi connectivity index (χ2v) is 7.82. The highest BCUT2D eigenvalue weighted by Gasteiger charge is 2.17. The molecule has 4 nitrogen and oxygen atoms in total. The summed E-state index contributed by atoms with van der Waals surface area (Å²) in [6.45, 7) is 0. The van der Waals surface area contributed by atoms with Gasteiger partial charge in [-0.1, -0.05) is 36.9 Å². The Morgan fingerprint density at radius 2 is 1.78 bits per heavy atom. The second kappa shape index (κ2) is 6.54. The summed E-state index contributed by atoms with van der Waals surface area (Å²) in [5, 5.41) is 5.56. The molecular weight excluding hydrogens is 358 g/mol. The lowest BCUT2D eigenvalue weighted by atomic mass is 9.83. The number of aromatic amines is 1. The average Bonchev–Trinajstić information content (AvgIpc) is 3.06. The fourth-order valence-electron chi connectivity index (χ4n) is 4.24. The zero-order valence-corrected chi connectivity index (χ0v) is 15.7. The molecule has 27 heavy (non-hydrogen) atoms. The van der Waals surface area contributed by atoms with Gasteiger partial charge in [0.2, 0.25) is 0 Å². The molecule has 0 bridgehead atoms. The lowest BCUT2D eigenvalue weighted by molar-refractivity contribution is 0.444. The van der Waals surface area contributed by atoms with Gasteiger partial charge in [-0.3, -0.25) is 14.9 Å². The number of benzene rings is 2. The van der Waals surface area contributed by atoms with Crippen molar-refractivity contribution in [1.29, 1.82) is 0 Å². The molecule has 5 heteroatoms. The maximum atomic E-state index is 12.9. The number of hydrogen-bond acceptors (Lipinski definition) is 2. The molecule has 1 fully saturated rings. The van der Waals surface area contributed by atoms with E-state index < -0.39 is 0 Å². The van der Waals surface area contributed by atoms with Crippen molar-refractivity contribution >= 4 is 33.4 Å². The Morgan fingerprint density at radius 3 is 2.56 bits per heavy atom. The quantitative estimate of drug-likeness (QED) is 0.496. The van der Waals surface area contributed by atoms with E-state index in [-0.39, 0.29) is 5.56 Å². The minimum atomic E-state index is -0.0928. The van der Waals surface area contributed by atoms with Crippen LogP contribution in [-0.4, -0.2) is 14.8 Å². The van der Waals surface area contributed by atoms with Gasteiger partial charge in [-0.25, -0.2) is 4.68 Å². The predicted molar refractivity (Wildman–Crippen MR) is 110 cm³/mol. The highest BCUT2D eigenvalue weighted by atomic mass is 35.5. The van der Waals surface area contributed by atoms with Crippen molar-refractivity contribution in [3.8, 4) is 5.69 Å². The van der Waals surface area contributed by atoms with E-state index >= 15 is 0 Å². The number of rotatable bonds is 2. The maximum Gasteiger partial charge on any atom is 0.280 e. The number of H-pyrrole nitrogens is 1. The van der Waals surface area contributed by atoms with Crippen LogP contribution in [0.25, 0.3) is 27.5 Å². The van der Waals surface area contributed by atoms with E-state index in [0.29, 0.717) is 16.3 Å². The SMILES string of the molecule is O=c1c2cnc3ccc(C4CCCCC4)cc3c2[nH]n1-c1ccc(Cl)cc1. The molecule has 1 aliphatic rings. The van der Waals surface area contributed by atoms with Crippen molar-refractivity contribution < 1.29 is 0 Å². The summed E-state index contributed by atoms with van der Waals surface area (Å²) in [4.78, 5) is 17.4. The molecule has 0 saturated heterocycles. The number of aromatic nitrogens is 3. The highest BCUT2D eigenvalue weighted by Crippen LogP contribution is 2.34. The van der Waals surface area contributed by atoms with Crippen molar-refractivity contribution in [1.82, 2.24) is 14.8 Å². The van der Waals surface area contributed by atoms with Crippen molar-refractivity contribution in [3.05, 3.63) is 69.6 Å². The van der Waals surface area contributed by atoms with Crippen molar-refractivity contribution in [3.63, 3.8) is 0 Å². The van der Waals surface area contributed by atoms with E-state index in [4.69, 9.17) is 11.6 Å². The first-order chi connectivity index (χ1) is 13.2. The molecule has 1 N–H and O–H groups in total. The third-order valence-corrected chi connectivity index (χ3v) is 5.96. The molecule has 136 valence electrons. The van der Waals surface area contributed by atoms with Crippen molar-refractivity contribution in [2.45, 2.75) is 38.0 Å². The van der Waals surface area contributed by atoms with Gasteiger partial charge in [-0.05, 0) is 60.7 Å². The number of fused-ring (bicyclic) bond motifs is 3. The van der Waals surface area contributed by atoms with Gasteiger partial charge < -0.3 is 0 Å². The summed E-state index contributed by atoms with van der Waals surface area (Å²) in [7, 11) is 0. The van der Waals surface area contributed by atoms with Crippen LogP contribution in [0.1, 0.15) is 43.6 Å². The zero-order valence-electron chi connectivity index (χ0n) is 14.9. The average molecular weight is 378 g/mol. The summed E-state index contributed by atoms with van der Waals surface area (Å²) in [5.74, 6) is 0.614. The van der Waals surface area contributed by atoms with Gasteiger partial charge >= 0.3 is 0 Å². The van der Waals surface area contributed by atoms with Crippen LogP contribution in [0.2, 0.25) is 5.02 Å². The number of pyridine rings is 1. The van der Waals surface area contributed by atoms with Crippen LogP contribution in [0.4, 0.5) is 0 Å². The topological polar surface area (TPSA) is 50.7 Å². The second-order valence-electron chi connectivity index (χ2n) is 7.39. The molecule has 0 atom stereocenters. The van der Waals surface area contributed by atoms with Crippen molar-refractivity contribution in [2.75, 3.05) is 0 Å². The fraction of sp³-hybridized carbons (Fsp3) is 0.273. The van der Waals surface area contributed by atoms with E-state index in [2.05, 4.69) is 28.3 Å². The van der Waals surface area contributed by atoms with Gasteiger partial charge in [-0.15, -0.1) is 0 Å². The van der Waals surface area contributed by atoms with Gasteiger partial charge in [0.1, 0.15) is 0 Å². The lowest BCUT2D eigenvalue weighted by Gasteiger charge is -2.22. The molecule has 0 unspecified atom stereocenters. The number of nitrogens with one attached hydrogen (secondary N) is 1. The van der Waals surface area contributed by atoms with Gasteiger partial charge in [0, 0.05) is 16.6 Å². The van der Waals surface area contributed by atoms with Crippen LogP contribution in [0.5, 0.6) is 0 Å². The van der Waals surface area contributed by atoms with Crippen LogP contribution in [-0.2, 0) is 0 Å². The highest BCUT2D eigenvalue weighted by molar-refractivity contribution is 6.30. The van der Waals surface area contributed by atoms with Crippen LogP contribution in [0.3, 0.4) is 0 Å². The largest absolute Gasteiger partial charge is 0.290 e. The predicted octanol–water partition coefficient (Wildman–Crippen LogP) is 5.57. The number of hydrogen-bond donors (Lipinski definition) is 1. The monoisotopic (exact) mass is 377 g/mol. The minimum absolute atomic E-state index is 0.0928. The fourth-order valence-corrected chi connectivity index (χ4v) is 4.36. The van der Waals surface area contributed by atoms with Gasteiger partial charge in [-0.2, -0.15) is 0 Å². The van der Waals surface area contributed by atoms with E-state index in [1.54, 1.807) is 23.0 Å². The van der Waals surface area contributed by atoms with Crippen LogP contribution < -0.4 is 5.56 Å². The summed E-state index contributed by atoms with van der Waals surface area (Å²) >= 11 is 5.98. The minimum Gasteiger partial charge on any atom is -0.290 e. The first-order valence-corrected chi connectivity index (χ1v) is 9.88. The van der Waals surface area contributed by atoms with Crippen LogP contribution >= 0.6 is 11.6 Å². The van der Waals surface area contributed by atoms with E-state index in [1.165, 1.54) is 37.7 Å². The van der Waals surface area contributed by atoms with Crippen molar-refractivity contribution in [2.24, 2.45) is 0 Å². The van der Waals surface area contributed by atoms with Gasteiger partial charge in [0.25, 0.3) is 5.56 Å². The molecular formula is C22H20ClN3O. The first-order valence-electron chi connectivity index (χ1n) is 9.50. The van der Waals surface area contributed by atoms with Gasteiger partial charge in [0.05, 0.1) is 22.1 Å². The summed E-state index contributed by atoms with van der Waals surface area (Å²) in [5.41, 5.74) is 3.78. The van der Waals surface area contributed by atoms with Gasteiger partial charge in [0.15, 0.2) is 0 Å². The third-order valence-electron chi connectivity index (χ3n) is 5.71. The molecule has 2 aromatic heterocycles. The molecule has 5 rings (SSSR count). The smallest absolute Gasteiger partial charge is 0.280 e. The molecule has 1 aliphatic carbocycles.